The molecule has 0 radical (unpaired) electrons. The average molecular weight is 352 g/mol. The second-order valence-electron chi connectivity index (χ2n) is 7.80. The molecule has 2 aromatic rings. The number of piperidine rings is 1. The van der Waals surface area contributed by atoms with Crippen molar-refractivity contribution in [3.8, 4) is 0 Å². The highest BCUT2D eigenvalue weighted by Crippen LogP contribution is 2.26. The van der Waals surface area contributed by atoms with E-state index in [0.29, 0.717) is 24.2 Å². The van der Waals surface area contributed by atoms with Crippen molar-refractivity contribution in [2.45, 2.75) is 38.5 Å². The predicted molar refractivity (Wildman–Crippen MR) is 103 cm³/mol. The van der Waals surface area contributed by atoms with Gasteiger partial charge in [0.1, 0.15) is 0 Å². The zero-order valence-corrected chi connectivity index (χ0v) is 15.4. The molecule has 1 atom stereocenters. The van der Waals surface area contributed by atoms with E-state index in [2.05, 4.69) is 34.1 Å². The number of rotatable bonds is 4. The quantitative estimate of drug-likeness (QED) is 0.840. The van der Waals surface area contributed by atoms with Crippen LogP contribution in [0, 0.1) is 11.8 Å². The Morgan fingerprint density at radius 3 is 2.85 bits per heavy atom. The van der Waals surface area contributed by atoms with E-state index in [1.165, 1.54) is 17.4 Å². The second-order valence-corrected chi connectivity index (χ2v) is 7.80. The van der Waals surface area contributed by atoms with Gasteiger partial charge in [0, 0.05) is 44.3 Å². The molecule has 0 saturated carbocycles. The normalized spacial score (nSPS) is 21.8. The Morgan fingerprint density at radius 2 is 1.96 bits per heavy atom. The number of benzene rings is 1. The van der Waals surface area contributed by atoms with Crippen LogP contribution >= 0.6 is 0 Å². The molecule has 2 aliphatic rings. The second kappa shape index (κ2) is 8.17. The number of fused-ring (bicyclic) bond motifs is 1. The molecule has 2 saturated heterocycles. The smallest absolute Gasteiger partial charge is 0.222 e. The molecular formula is C22H28N2O2. The number of hydrogen-bond acceptors (Lipinski definition) is 3. The van der Waals surface area contributed by atoms with Crippen molar-refractivity contribution in [3.05, 3.63) is 42.1 Å². The highest BCUT2D eigenvalue weighted by molar-refractivity contribution is 5.81. The Balaban J connectivity index is 1.39. The first-order valence-electron chi connectivity index (χ1n) is 9.98. The van der Waals surface area contributed by atoms with E-state index in [1.807, 2.05) is 12.3 Å². The van der Waals surface area contributed by atoms with Gasteiger partial charge in [0.25, 0.3) is 0 Å². The SMILES string of the molecule is O=C(CC1CCOCC1)N1CCC[C@@H](Cc2ccnc3ccccc23)C1. The largest absolute Gasteiger partial charge is 0.381 e. The standard InChI is InChI=1S/C22H28N2O2/c25-22(15-17-8-12-26-13-9-17)24-11-3-4-18(16-24)14-19-7-10-23-21-6-2-1-5-20(19)21/h1-2,5-7,10,17-18H,3-4,8-9,11-16H2/t18-/m0/s1. The Hall–Kier alpha value is -1.94. The summed E-state index contributed by atoms with van der Waals surface area (Å²) in [5, 5.41) is 1.25. The number of para-hydroxylation sites is 1. The number of carbonyl (C=O) groups is 1. The third kappa shape index (κ3) is 4.07. The zero-order chi connectivity index (χ0) is 17.8. The number of carbonyl (C=O) groups excluding carboxylic acids is 1. The third-order valence-electron chi connectivity index (χ3n) is 5.92. The Morgan fingerprint density at radius 1 is 1.12 bits per heavy atom. The number of amides is 1. The maximum atomic E-state index is 12.8. The highest BCUT2D eigenvalue weighted by Gasteiger charge is 2.26. The Kier molecular flexibility index (Phi) is 5.49. The molecule has 2 fully saturated rings. The van der Waals surface area contributed by atoms with Crippen molar-refractivity contribution in [2.75, 3.05) is 26.3 Å². The summed E-state index contributed by atoms with van der Waals surface area (Å²) in [5.41, 5.74) is 2.42. The number of ether oxygens (including phenoxy) is 1. The van der Waals surface area contributed by atoms with Crippen molar-refractivity contribution in [3.63, 3.8) is 0 Å². The molecule has 0 unspecified atom stereocenters. The van der Waals surface area contributed by atoms with Gasteiger partial charge in [-0.1, -0.05) is 18.2 Å². The number of likely N-dealkylation sites (tertiary alicyclic amines) is 1. The molecule has 0 bridgehead atoms. The Bertz CT molecular complexity index is 749. The van der Waals surface area contributed by atoms with Gasteiger partial charge in [0.2, 0.25) is 5.91 Å². The maximum Gasteiger partial charge on any atom is 0.222 e. The molecule has 0 N–H and O–H groups in total. The van der Waals surface area contributed by atoms with Gasteiger partial charge in [-0.2, -0.15) is 0 Å². The summed E-state index contributed by atoms with van der Waals surface area (Å²) in [6.07, 6.45) is 8.04. The van der Waals surface area contributed by atoms with Gasteiger partial charge >= 0.3 is 0 Å². The minimum Gasteiger partial charge on any atom is -0.381 e. The predicted octanol–water partition coefficient (Wildman–Crippen LogP) is 3.83. The summed E-state index contributed by atoms with van der Waals surface area (Å²) in [6, 6.07) is 10.5. The van der Waals surface area contributed by atoms with Crippen LogP contribution in [0.15, 0.2) is 36.5 Å². The molecule has 1 amide bonds. The lowest BCUT2D eigenvalue weighted by Gasteiger charge is -2.34. The number of pyridine rings is 1. The van der Waals surface area contributed by atoms with Gasteiger partial charge in [0.05, 0.1) is 5.52 Å². The van der Waals surface area contributed by atoms with E-state index >= 15 is 0 Å². The minimum absolute atomic E-state index is 0.348. The molecule has 2 aliphatic heterocycles. The summed E-state index contributed by atoms with van der Waals surface area (Å²) < 4.78 is 5.42. The van der Waals surface area contributed by atoms with Crippen molar-refractivity contribution >= 4 is 16.8 Å². The van der Waals surface area contributed by atoms with Crippen LogP contribution in [0.2, 0.25) is 0 Å². The Labute approximate surface area is 155 Å². The fraction of sp³-hybridized carbons (Fsp3) is 0.545. The molecule has 4 heteroatoms. The topological polar surface area (TPSA) is 42.4 Å². The van der Waals surface area contributed by atoms with Crippen molar-refractivity contribution in [1.82, 2.24) is 9.88 Å². The highest BCUT2D eigenvalue weighted by atomic mass is 16.5. The molecule has 138 valence electrons. The lowest BCUT2D eigenvalue weighted by atomic mass is 9.89. The third-order valence-corrected chi connectivity index (χ3v) is 5.92. The van der Waals surface area contributed by atoms with Gasteiger partial charge in [-0.15, -0.1) is 0 Å². The first-order chi connectivity index (χ1) is 12.8. The van der Waals surface area contributed by atoms with Crippen LogP contribution in [0.1, 0.15) is 37.7 Å². The fourth-order valence-corrected chi connectivity index (χ4v) is 4.43. The summed E-state index contributed by atoms with van der Waals surface area (Å²) in [5.74, 6) is 1.41. The lowest BCUT2D eigenvalue weighted by Crippen LogP contribution is -2.41. The van der Waals surface area contributed by atoms with Crippen molar-refractivity contribution < 1.29 is 9.53 Å². The summed E-state index contributed by atoms with van der Waals surface area (Å²) in [7, 11) is 0. The number of nitrogens with zero attached hydrogens (tertiary/aromatic N) is 2. The van der Waals surface area contributed by atoms with E-state index in [1.54, 1.807) is 0 Å². The zero-order valence-electron chi connectivity index (χ0n) is 15.4. The van der Waals surface area contributed by atoms with E-state index < -0.39 is 0 Å². The van der Waals surface area contributed by atoms with E-state index in [-0.39, 0.29) is 0 Å². The molecule has 0 aliphatic carbocycles. The summed E-state index contributed by atoms with van der Waals surface area (Å²) >= 11 is 0. The summed E-state index contributed by atoms with van der Waals surface area (Å²) in [4.78, 5) is 19.3. The van der Waals surface area contributed by atoms with Gasteiger partial charge in [0.15, 0.2) is 0 Å². The fourth-order valence-electron chi connectivity index (χ4n) is 4.43. The van der Waals surface area contributed by atoms with Crippen LogP contribution in [0.5, 0.6) is 0 Å². The first kappa shape index (κ1) is 17.5. The maximum absolute atomic E-state index is 12.8. The molecule has 4 rings (SSSR count). The monoisotopic (exact) mass is 352 g/mol. The van der Waals surface area contributed by atoms with Gasteiger partial charge in [-0.25, -0.2) is 0 Å². The van der Waals surface area contributed by atoms with Gasteiger partial charge < -0.3 is 9.64 Å². The van der Waals surface area contributed by atoms with Crippen LogP contribution in [0.25, 0.3) is 10.9 Å². The van der Waals surface area contributed by atoms with Crippen molar-refractivity contribution in [1.29, 1.82) is 0 Å². The van der Waals surface area contributed by atoms with Gasteiger partial charge in [-0.3, -0.25) is 9.78 Å². The molecule has 3 heterocycles. The lowest BCUT2D eigenvalue weighted by molar-refractivity contribution is -0.134. The van der Waals surface area contributed by atoms with E-state index in [0.717, 1.165) is 57.5 Å². The molecule has 1 aromatic carbocycles. The van der Waals surface area contributed by atoms with Crippen LogP contribution in [-0.4, -0.2) is 42.1 Å². The van der Waals surface area contributed by atoms with E-state index in [4.69, 9.17) is 4.74 Å². The minimum atomic E-state index is 0.348. The summed E-state index contributed by atoms with van der Waals surface area (Å²) in [6.45, 7) is 3.46. The van der Waals surface area contributed by atoms with Gasteiger partial charge in [-0.05, 0) is 61.6 Å². The first-order valence-corrected chi connectivity index (χ1v) is 9.98. The average Bonchev–Trinajstić information content (AvgIpc) is 2.69. The molecular weight excluding hydrogens is 324 g/mol. The van der Waals surface area contributed by atoms with Crippen LogP contribution in [0.3, 0.4) is 0 Å². The van der Waals surface area contributed by atoms with E-state index in [9.17, 15) is 4.79 Å². The van der Waals surface area contributed by atoms with Crippen LogP contribution in [-0.2, 0) is 16.0 Å². The number of aromatic nitrogens is 1. The molecule has 26 heavy (non-hydrogen) atoms. The molecule has 1 aromatic heterocycles. The molecule has 0 spiro atoms. The number of hydrogen-bond donors (Lipinski definition) is 0. The van der Waals surface area contributed by atoms with Crippen molar-refractivity contribution in [2.24, 2.45) is 11.8 Å². The van der Waals surface area contributed by atoms with Crippen LogP contribution < -0.4 is 0 Å². The molecule has 4 nitrogen and oxygen atoms in total. The van der Waals surface area contributed by atoms with Crippen LogP contribution in [0.4, 0.5) is 0 Å².